The molecule has 0 aliphatic carbocycles. The van der Waals surface area contributed by atoms with Gasteiger partial charge < -0.3 is 24.8 Å². The van der Waals surface area contributed by atoms with E-state index in [1.807, 2.05) is 0 Å². The zero-order valence-corrected chi connectivity index (χ0v) is 19.4. The summed E-state index contributed by atoms with van der Waals surface area (Å²) >= 11 is 0. The second kappa shape index (κ2) is 11.4. The molecule has 3 atom stereocenters. The SMILES string of the molecule is CC(C)[C@@H](N)C(=O)ONc1ccn([C@H]2CC[C@@H](COC(=O)c3ccc(OC(F)(F)F)cc3)O2)c(=O)n1. The van der Waals surface area contributed by atoms with Crippen molar-refractivity contribution >= 4 is 17.8 Å². The number of hydrogen-bond donors (Lipinski definition) is 2. The number of hydrogen-bond acceptors (Lipinski definition) is 10. The van der Waals surface area contributed by atoms with Gasteiger partial charge in [0.1, 0.15) is 24.6 Å². The van der Waals surface area contributed by atoms with Crippen molar-refractivity contribution in [3.8, 4) is 5.75 Å². The van der Waals surface area contributed by atoms with E-state index < -0.39 is 48.1 Å². The Morgan fingerprint density at radius 1 is 1.22 bits per heavy atom. The minimum Gasteiger partial charge on any atom is -0.459 e. The highest BCUT2D eigenvalue weighted by Crippen LogP contribution is 2.28. The number of carbonyl (C=O) groups excluding carboxylic acids is 2. The predicted molar refractivity (Wildman–Crippen MR) is 118 cm³/mol. The molecule has 14 heteroatoms. The van der Waals surface area contributed by atoms with Gasteiger partial charge in [0.2, 0.25) is 0 Å². The van der Waals surface area contributed by atoms with Gasteiger partial charge in [0.15, 0.2) is 5.82 Å². The molecular weight excluding hydrogens is 489 g/mol. The summed E-state index contributed by atoms with van der Waals surface area (Å²) in [5, 5.41) is 0. The van der Waals surface area contributed by atoms with Crippen LogP contribution in [0.3, 0.4) is 0 Å². The summed E-state index contributed by atoms with van der Waals surface area (Å²) in [6.07, 6.45) is -3.65. The molecule has 3 rings (SSSR count). The van der Waals surface area contributed by atoms with Crippen molar-refractivity contribution in [3.63, 3.8) is 0 Å². The quantitative estimate of drug-likeness (QED) is 0.378. The molecule has 36 heavy (non-hydrogen) atoms. The van der Waals surface area contributed by atoms with E-state index >= 15 is 0 Å². The Labute approximate surface area is 203 Å². The van der Waals surface area contributed by atoms with Crippen LogP contribution >= 0.6 is 0 Å². The predicted octanol–water partition coefficient (Wildman–Crippen LogP) is 2.53. The monoisotopic (exact) mass is 514 g/mol. The molecule has 0 spiro atoms. The van der Waals surface area contributed by atoms with E-state index in [9.17, 15) is 27.6 Å². The Kier molecular flexibility index (Phi) is 8.53. The molecule has 1 fully saturated rings. The molecule has 1 aromatic heterocycles. The third kappa shape index (κ3) is 7.42. The van der Waals surface area contributed by atoms with E-state index in [-0.39, 0.29) is 23.9 Å². The van der Waals surface area contributed by atoms with Gasteiger partial charge >= 0.3 is 24.0 Å². The third-order valence-corrected chi connectivity index (χ3v) is 5.20. The van der Waals surface area contributed by atoms with Crippen LogP contribution in [0.5, 0.6) is 5.75 Å². The van der Waals surface area contributed by atoms with Gasteiger partial charge in [-0.15, -0.1) is 13.2 Å². The minimum absolute atomic E-state index is 0.00989. The maximum atomic E-state index is 12.4. The summed E-state index contributed by atoms with van der Waals surface area (Å²) in [5.74, 6) is -2.03. The van der Waals surface area contributed by atoms with Gasteiger partial charge in [0.05, 0.1) is 11.7 Å². The Morgan fingerprint density at radius 2 is 1.92 bits per heavy atom. The normalized spacial score (nSPS) is 18.5. The van der Waals surface area contributed by atoms with Crippen LogP contribution in [-0.2, 0) is 19.1 Å². The molecular formula is C22H25F3N4O7. The number of halogens is 3. The smallest absolute Gasteiger partial charge is 0.459 e. The van der Waals surface area contributed by atoms with Crippen LogP contribution in [0.25, 0.3) is 0 Å². The first-order valence-electron chi connectivity index (χ1n) is 10.9. The molecule has 1 saturated heterocycles. The number of nitrogens with two attached hydrogens (primary N) is 1. The number of benzene rings is 1. The van der Waals surface area contributed by atoms with E-state index in [2.05, 4.69) is 15.2 Å². The lowest BCUT2D eigenvalue weighted by molar-refractivity contribution is -0.274. The molecule has 0 saturated carbocycles. The van der Waals surface area contributed by atoms with Crippen molar-refractivity contribution in [1.29, 1.82) is 0 Å². The van der Waals surface area contributed by atoms with Crippen molar-refractivity contribution < 1.29 is 41.8 Å². The van der Waals surface area contributed by atoms with Gasteiger partial charge in [-0.25, -0.2) is 19.9 Å². The van der Waals surface area contributed by atoms with Gasteiger partial charge in [-0.05, 0) is 43.0 Å². The summed E-state index contributed by atoms with van der Waals surface area (Å²) in [6.45, 7) is 3.40. The first-order chi connectivity index (χ1) is 16.9. The van der Waals surface area contributed by atoms with E-state index in [0.29, 0.717) is 12.8 Å². The van der Waals surface area contributed by atoms with Gasteiger partial charge in [0, 0.05) is 12.3 Å². The van der Waals surface area contributed by atoms with Crippen LogP contribution in [-0.4, -0.2) is 46.6 Å². The molecule has 1 aliphatic rings. The lowest BCUT2D eigenvalue weighted by Gasteiger charge is -2.17. The number of esters is 1. The second-order valence-electron chi connectivity index (χ2n) is 8.26. The number of anilines is 1. The fraction of sp³-hybridized carbons (Fsp3) is 0.455. The Bertz CT molecular complexity index is 1120. The number of nitrogens with one attached hydrogen (secondary N) is 1. The van der Waals surface area contributed by atoms with Crippen LogP contribution in [0.1, 0.15) is 43.3 Å². The Hall–Kier alpha value is -3.65. The van der Waals surface area contributed by atoms with Gasteiger partial charge in [0.25, 0.3) is 0 Å². The maximum Gasteiger partial charge on any atom is 0.573 e. The van der Waals surface area contributed by atoms with E-state index in [1.54, 1.807) is 13.8 Å². The molecule has 2 heterocycles. The molecule has 0 unspecified atom stereocenters. The fourth-order valence-electron chi connectivity index (χ4n) is 3.19. The average molecular weight is 514 g/mol. The zero-order valence-electron chi connectivity index (χ0n) is 19.4. The summed E-state index contributed by atoms with van der Waals surface area (Å²) in [6, 6.07) is 4.89. The lowest BCUT2D eigenvalue weighted by atomic mass is 10.1. The maximum absolute atomic E-state index is 12.4. The summed E-state index contributed by atoms with van der Waals surface area (Å²) in [4.78, 5) is 45.0. The van der Waals surface area contributed by atoms with E-state index in [0.717, 1.165) is 24.3 Å². The van der Waals surface area contributed by atoms with Crippen molar-refractivity contribution in [2.24, 2.45) is 11.7 Å². The number of rotatable bonds is 9. The molecule has 196 valence electrons. The first kappa shape index (κ1) is 26.9. The molecule has 3 N–H and O–H groups in total. The van der Waals surface area contributed by atoms with Crippen molar-refractivity contribution in [1.82, 2.24) is 9.55 Å². The number of ether oxygens (including phenoxy) is 3. The highest BCUT2D eigenvalue weighted by Gasteiger charge is 2.31. The van der Waals surface area contributed by atoms with Crippen LogP contribution < -0.4 is 21.6 Å². The number of nitrogens with zero attached hydrogens (tertiary/aromatic N) is 2. The Morgan fingerprint density at radius 3 is 2.53 bits per heavy atom. The molecule has 1 aliphatic heterocycles. The third-order valence-electron chi connectivity index (χ3n) is 5.20. The standard InChI is InChI=1S/C22H25F3N4O7/c1-12(2)18(26)20(31)36-28-16-9-10-29(21(32)27-16)17-8-7-15(34-17)11-33-19(30)13-3-5-14(6-4-13)35-22(23,24)25/h3-6,9-10,12,15,17-18H,7-8,11,26H2,1-2H3,(H,27,28,32)/t15-,17+,18+/m0/s1. The molecule has 0 bridgehead atoms. The van der Waals surface area contributed by atoms with Gasteiger partial charge in [-0.2, -0.15) is 4.98 Å². The highest BCUT2D eigenvalue weighted by atomic mass is 19.4. The first-order valence-corrected chi connectivity index (χ1v) is 10.9. The number of alkyl halides is 3. The van der Waals surface area contributed by atoms with Gasteiger partial charge in [-0.1, -0.05) is 13.8 Å². The number of carbonyl (C=O) groups is 2. The minimum atomic E-state index is -4.83. The summed E-state index contributed by atoms with van der Waals surface area (Å²) in [7, 11) is 0. The second-order valence-corrected chi connectivity index (χ2v) is 8.26. The van der Waals surface area contributed by atoms with Crippen LogP contribution in [0.4, 0.5) is 19.0 Å². The molecule has 11 nitrogen and oxygen atoms in total. The number of aromatic nitrogens is 2. The van der Waals surface area contributed by atoms with Crippen LogP contribution in [0.15, 0.2) is 41.3 Å². The summed E-state index contributed by atoms with van der Waals surface area (Å²) in [5.41, 5.74) is 7.36. The van der Waals surface area contributed by atoms with E-state index in [4.69, 9.17) is 20.0 Å². The van der Waals surface area contributed by atoms with Crippen LogP contribution in [0, 0.1) is 5.92 Å². The largest absolute Gasteiger partial charge is 0.573 e. The zero-order chi connectivity index (χ0) is 26.5. The molecule has 0 amide bonds. The van der Waals surface area contributed by atoms with Crippen molar-refractivity contribution in [2.75, 3.05) is 12.1 Å². The lowest BCUT2D eigenvalue weighted by Crippen LogP contribution is -2.38. The fourth-order valence-corrected chi connectivity index (χ4v) is 3.19. The highest BCUT2D eigenvalue weighted by molar-refractivity contribution is 5.89. The van der Waals surface area contributed by atoms with Crippen molar-refractivity contribution in [2.45, 2.75) is 51.4 Å². The Balaban J connectivity index is 1.49. The molecule has 0 radical (unpaired) electrons. The summed E-state index contributed by atoms with van der Waals surface area (Å²) < 4.78 is 52.6. The van der Waals surface area contributed by atoms with Crippen LogP contribution in [0.2, 0.25) is 0 Å². The average Bonchev–Trinajstić information content (AvgIpc) is 3.28. The van der Waals surface area contributed by atoms with Crippen molar-refractivity contribution in [3.05, 3.63) is 52.6 Å². The topological polar surface area (TPSA) is 144 Å². The molecule has 1 aromatic carbocycles. The molecule has 2 aromatic rings. The van der Waals surface area contributed by atoms with Gasteiger partial charge in [-0.3, -0.25) is 4.57 Å². The van der Waals surface area contributed by atoms with E-state index in [1.165, 1.54) is 16.8 Å².